The van der Waals surface area contributed by atoms with E-state index in [1.165, 1.54) is 10.5 Å². The zero-order chi connectivity index (χ0) is 42.0. The van der Waals surface area contributed by atoms with Crippen molar-refractivity contribution in [3.8, 4) is 0 Å². The van der Waals surface area contributed by atoms with Crippen LogP contribution in [0.15, 0.2) is 121 Å². The van der Waals surface area contributed by atoms with Crippen molar-refractivity contribution in [1.82, 2.24) is 14.7 Å². The van der Waals surface area contributed by atoms with E-state index in [0.29, 0.717) is 25.1 Å². The van der Waals surface area contributed by atoms with Crippen molar-refractivity contribution in [1.29, 1.82) is 0 Å². The highest BCUT2D eigenvalue weighted by Gasteiger charge is 2.50. The molecule has 9 rings (SSSR count). The maximum atomic E-state index is 14.6. The van der Waals surface area contributed by atoms with Crippen LogP contribution in [0, 0.1) is 11.8 Å². The van der Waals surface area contributed by atoms with Crippen molar-refractivity contribution in [3.63, 3.8) is 0 Å². The van der Waals surface area contributed by atoms with Crippen LogP contribution >= 0.6 is 0 Å². The van der Waals surface area contributed by atoms with Crippen LogP contribution in [-0.2, 0) is 22.4 Å². The number of hydrogen-bond acceptors (Lipinski definition) is 4. The Labute approximate surface area is 361 Å². The molecule has 3 aromatic carbocycles. The van der Waals surface area contributed by atoms with Gasteiger partial charge in [-0.2, -0.15) is 0 Å². The van der Waals surface area contributed by atoms with Crippen LogP contribution in [0.25, 0.3) is 5.57 Å². The molecule has 0 spiro atoms. The monoisotopic (exact) mass is 816 g/mol. The summed E-state index contributed by atoms with van der Waals surface area (Å²) in [5.74, 6) is -0.633. The second kappa shape index (κ2) is 17.8. The first-order valence-electron chi connectivity index (χ1n) is 23.0. The third kappa shape index (κ3) is 8.30. The molecule has 6 atom stereocenters. The van der Waals surface area contributed by atoms with Crippen LogP contribution in [0.4, 0.5) is 15.3 Å². The fraction of sp³-hybridized carbons (Fsp3) is 0.434. The minimum Gasteiger partial charge on any atom is -0.318 e. The van der Waals surface area contributed by atoms with E-state index in [-0.39, 0.29) is 59.9 Å². The van der Waals surface area contributed by atoms with Crippen molar-refractivity contribution in [2.24, 2.45) is 11.8 Å². The summed E-state index contributed by atoms with van der Waals surface area (Å²) < 4.78 is 0. The van der Waals surface area contributed by atoms with Gasteiger partial charge in [-0.3, -0.25) is 14.5 Å². The van der Waals surface area contributed by atoms with Crippen LogP contribution < -0.4 is 4.90 Å². The van der Waals surface area contributed by atoms with E-state index in [1.54, 1.807) is 4.90 Å². The van der Waals surface area contributed by atoms with Gasteiger partial charge >= 0.3 is 12.1 Å². The Bertz CT molecular complexity index is 2250. The summed E-state index contributed by atoms with van der Waals surface area (Å²) in [7, 11) is 0. The molecule has 2 aliphatic heterocycles. The van der Waals surface area contributed by atoms with Crippen LogP contribution in [0.3, 0.4) is 0 Å². The van der Waals surface area contributed by atoms with E-state index in [4.69, 9.17) is 0 Å². The number of nitrogens with zero attached hydrogens (tertiary/aromatic N) is 4. The van der Waals surface area contributed by atoms with Gasteiger partial charge in [0.15, 0.2) is 0 Å². The first-order valence-corrected chi connectivity index (χ1v) is 23.0. The van der Waals surface area contributed by atoms with Gasteiger partial charge in [-0.1, -0.05) is 116 Å². The number of allylic oxidation sites excluding steroid dienone is 6. The molecule has 8 heteroatoms. The van der Waals surface area contributed by atoms with Gasteiger partial charge in [-0.15, -0.1) is 0 Å². The molecule has 4 fully saturated rings. The number of urea groups is 2. The summed E-state index contributed by atoms with van der Waals surface area (Å²) in [6.07, 6.45) is 24.7. The fourth-order valence-corrected chi connectivity index (χ4v) is 11.1. The minimum absolute atomic E-state index is 0.00413. The molecule has 3 aromatic rings. The molecule has 6 amide bonds. The van der Waals surface area contributed by atoms with Gasteiger partial charge in [-0.05, 0) is 136 Å². The van der Waals surface area contributed by atoms with Gasteiger partial charge in [-0.25, -0.2) is 14.5 Å². The van der Waals surface area contributed by atoms with Crippen molar-refractivity contribution >= 4 is 35.1 Å². The van der Waals surface area contributed by atoms with Gasteiger partial charge in [0.25, 0.3) is 0 Å². The molecule has 2 saturated heterocycles. The largest absolute Gasteiger partial charge is 0.331 e. The van der Waals surface area contributed by atoms with Crippen molar-refractivity contribution in [3.05, 3.63) is 143 Å². The molecule has 2 heterocycles. The van der Waals surface area contributed by atoms with Crippen LogP contribution in [0.1, 0.15) is 113 Å². The molecule has 6 unspecified atom stereocenters. The molecule has 2 saturated carbocycles. The van der Waals surface area contributed by atoms with E-state index in [0.717, 1.165) is 98.5 Å². The maximum Gasteiger partial charge on any atom is 0.331 e. The predicted molar refractivity (Wildman–Crippen MR) is 242 cm³/mol. The number of anilines is 1. The number of carbonyl (C=O) groups is 4. The fourth-order valence-electron chi connectivity index (χ4n) is 11.1. The number of rotatable bonds is 11. The standard InChI is InChI=1S/C53H60N4O4/c1-36-48(50(58)56(52(60)54(36)35-39-17-8-4-9-18-39)46-28-25-42(26-29-46)41-20-10-5-11-21-41)33-40-19-14-22-43(31-40)44-27-30-47(34-44)55-37(2)49(32-38-15-6-3-7-16-38)51(59)57(53(55)61)45-23-12-13-24-45/h3,6-8,10,14-22,25-26,28-29,31,36-37,44-45,47-49H,4-5,9,11-13,23-24,27,30,32-35H2,1-2H3. The smallest absolute Gasteiger partial charge is 0.318 e. The molecule has 6 aliphatic rings. The van der Waals surface area contributed by atoms with E-state index < -0.39 is 5.92 Å². The van der Waals surface area contributed by atoms with Crippen molar-refractivity contribution in [2.45, 2.75) is 127 Å². The Kier molecular flexibility index (Phi) is 12.0. The highest BCUT2D eigenvalue weighted by Crippen LogP contribution is 2.42. The number of hydrogen-bond donors (Lipinski definition) is 0. The average molecular weight is 817 g/mol. The van der Waals surface area contributed by atoms with Gasteiger partial charge in [0.1, 0.15) is 0 Å². The topological polar surface area (TPSA) is 81.2 Å². The van der Waals surface area contributed by atoms with Crippen LogP contribution in [0.5, 0.6) is 0 Å². The lowest BCUT2D eigenvalue weighted by Crippen LogP contribution is -2.65. The third-order valence-corrected chi connectivity index (χ3v) is 14.6. The zero-order valence-corrected chi connectivity index (χ0v) is 35.8. The molecule has 61 heavy (non-hydrogen) atoms. The second-order valence-corrected chi connectivity index (χ2v) is 18.4. The van der Waals surface area contributed by atoms with Crippen LogP contribution in [0.2, 0.25) is 0 Å². The van der Waals surface area contributed by atoms with Gasteiger partial charge in [0.05, 0.1) is 17.5 Å². The van der Waals surface area contributed by atoms with Crippen LogP contribution in [-0.4, -0.2) is 69.3 Å². The highest BCUT2D eigenvalue weighted by molar-refractivity contribution is 6.17. The minimum atomic E-state index is -0.436. The first-order chi connectivity index (χ1) is 29.7. The summed E-state index contributed by atoms with van der Waals surface area (Å²) in [5, 5.41) is 0. The molecular weight excluding hydrogens is 757 g/mol. The zero-order valence-electron chi connectivity index (χ0n) is 35.8. The lowest BCUT2D eigenvalue weighted by atomic mass is 9.86. The number of benzene rings is 3. The van der Waals surface area contributed by atoms with Crippen molar-refractivity contribution < 1.29 is 19.2 Å². The lowest BCUT2D eigenvalue weighted by Gasteiger charge is -2.48. The molecular formula is C53H60N4O4. The van der Waals surface area contributed by atoms with Gasteiger partial charge in [0.2, 0.25) is 11.8 Å². The van der Waals surface area contributed by atoms with Gasteiger partial charge < -0.3 is 9.80 Å². The maximum absolute atomic E-state index is 14.6. The SMILES string of the molecule is CC1C(Cc2cccc(C3CCC(N4C(=O)N(C5CCCC5)C(=O)C(Cc5ccccc5)C4C)C3)c2)C(=O)N(c2ccc(C3=CCCC=C3)cc2)C(=O)N1CC1=CCCC=C1. The number of amides is 6. The second-order valence-electron chi connectivity index (χ2n) is 18.4. The summed E-state index contributed by atoms with van der Waals surface area (Å²) in [5.41, 5.74) is 7.37. The highest BCUT2D eigenvalue weighted by atomic mass is 16.2. The first kappa shape index (κ1) is 40.9. The molecule has 316 valence electrons. The van der Waals surface area contributed by atoms with E-state index in [1.807, 2.05) is 54.3 Å². The van der Waals surface area contributed by atoms with E-state index in [2.05, 4.69) is 84.7 Å². The Morgan fingerprint density at radius 3 is 2.05 bits per heavy atom. The number of imide groups is 2. The Balaban J connectivity index is 0.948. The van der Waals surface area contributed by atoms with E-state index in [9.17, 15) is 19.2 Å². The molecule has 0 aromatic heterocycles. The Morgan fingerprint density at radius 2 is 1.33 bits per heavy atom. The van der Waals surface area contributed by atoms with Gasteiger partial charge in [0, 0.05) is 30.7 Å². The quantitative estimate of drug-likeness (QED) is 0.193. The van der Waals surface area contributed by atoms with E-state index >= 15 is 0 Å². The third-order valence-electron chi connectivity index (χ3n) is 14.6. The number of carbonyl (C=O) groups excluding carboxylic acids is 4. The normalized spacial score (nSPS) is 27.3. The molecule has 0 bridgehead atoms. The molecule has 8 nitrogen and oxygen atoms in total. The Hall–Kier alpha value is -5.50. The predicted octanol–water partition coefficient (Wildman–Crippen LogP) is 10.8. The molecule has 0 N–H and O–H groups in total. The molecule has 0 radical (unpaired) electrons. The summed E-state index contributed by atoms with van der Waals surface area (Å²) >= 11 is 0. The summed E-state index contributed by atoms with van der Waals surface area (Å²) in [6, 6.07) is 25.9. The Morgan fingerprint density at radius 1 is 0.623 bits per heavy atom. The summed E-state index contributed by atoms with van der Waals surface area (Å²) in [4.78, 5) is 64.7. The average Bonchev–Trinajstić information content (AvgIpc) is 4.01. The summed E-state index contributed by atoms with van der Waals surface area (Å²) in [6.45, 7) is 4.58. The molecule has 4 aliphatic carbocycles. The lowest BCUT2D eigenvalue weighted by molar-refractivity contribution is -0.141. The van der Waals surface area contributed by atoms with Crippen molar-refractivity contribution in [2.75, 3.05) is 11.4 Å².